The predicted octanol–water partition coefficient (Wildman–Crippen LogP) is 1.23. The second kappa shape index (κ2) is 7.54. The molecule has 1 N–H and O–H groups in total. The van der Waals surface area contributed by atoms with Crippen molar-refractivity contribution in [2.45, 2.75) is 25.8 Å². The van der Waals surface area contributed by atoms with Gasteiger partial charge in [-0.1, -0.05) is 0 Å². The Labute approximate surface area is 135 Å². The fraction of sp³-hybridized carbons (Fsp3) is 0.643. The van der Waals surface area contributed by atoms with E-state index in [4.69, 9.17) is 4.74 Å². The summed E-state index contributed by atoms with van der Waals surface area (Å²) in [7, 11) is -3.29. The van der Waals surface area contributed by atoms with E-state index in [9.17, 15) is 13.2 Å². The summed E-state index contributed by atoms with van der Waals surface area (Å²) in [5.74, 6) is -0.154. The van der Waals surface area contributed by atoms with Crippen LogP contribution in [0, 0.1) is 6.92 Å². The maximum Gasteiger partial charge on any atom is 0.261 e. The summed E-state index contributed by atoms with van der Waals surface area (Å²) >= 11 is 1.43. The highest BCUT2D eigenvalue weighted by Gasteiger charge is 2.28. The number of rotatable bonds is 6. The third-order valence-electron chi connectivity index (χ3n) is 3.61. The molecule has 0 atom stereocenters. The zero-order valence-electron chi connectivity index (χ0n) is 12.9. The number of carbonyl (C=O) groups is 1. The highest BCUT2D eigenvalue weighted by atomic mass is 32.2. The van der Waals surface area contributed by atoms with Gasteiger partial charge in [0, 0.05) is 37.2 Å². The van der Waals surface area contributed by atoms with Crippen LogP contribution in [-0.2, 0) is 14.8 Å². The van der Waals surface area contributed by atoms with Crippen LogP contribution in [0.25, 0.3) is 0 Å². The van der Waals surface area contributed by atoms with Crippen molar-refractivity contribution in [3.63, 3.8) is 0 Å². The molecule has 1 aromatic rings. The number of nitrogens with zero attached hydrogens (tertiary/aromatic N) is 1. The molecule has 1 saturated heterocycles. The number of thiophene rings is 1. The minimum Gasteiger partial charge on any atom is -0.381 e. The van der Waals surface area contributed by atoms with Crippen LogP contribution in [0.2, 0.25) is 0 Å². The summed E-state index contributed by atoms with van der Waals surface area (Å²) in [5.41, 5.74) is 0. The van der Waals surface area contributed by atoms with Gasteiger partial charge in [-0.15, -0.1) is 11.3 Å². The smallest absolute Gasteiger partial charge is 0.261 e. The van der Waals surface area contributed by atoms with Crippen molar-refractivity contribution in [2.24, 2.45) is 0 Å². The molecule has 1 amide bonds. The van der Waals surface area contributed by atoms with Gasteiger partial charge in [0.1, 0.15) is 0 Å². The highest BCUT2D eigenvalue weighted by molar-refractivity contribution is 7.88. The van der Waals surface area contributed by atoms with E-state index in [1.807, 2.05) is 13.0 Å². The van der Waals surface area contributed by atoms with Crippen molar-refractivity contribution >= 4 is 27.3 Å². The first kappa shape index (κ1) is 17.4. The lowest BCUT2D eigenvalue weighted by molar-refractivity contribution is 0.0585. The molecule has 1 aliphatic heterocycles. The molecule has 0 aliphatic carbocycles. The molecule has 1 aromatic heterocycles. The van der Waals surface area contributed by atoms with Crippen LogP contribution in [0.1, 0.15) is 27.4 Å². The van der Waals surface area contributed by atoms with Gasteiger partial charge < -0.3 is 10.1 Å². The quantitative estimate of drug-likeness (QED) is 0.840. The normalized spacial score (nSPS) is 16.9. The molecule has 2 heterocycles. The second-order valence-electron chi connectivity index (χ2n) is 5.38. The average Bonchev–Trinajstić information content (AvgIpc) is 2.89. The average molecular weight is 346 g/mol. The SMILES string of the molecule is Cc1ccc(C(=O)NCCN(C2CCOCC2)S(C)(=O)=O)s1. The molecule has 0 unspecified atom stereocenters. The van der Waals surface area contributed by atoms with Gasteiger partial charge in [-0.2, -0.15) is 4.31 Å². The molecule has 6 nitrogen and oxygen atoms in total. The van der Waals surface area contributed by atoms with E-state index >= 15 is 0 Å². The summed E-state index contributed by atoms with van der Waals surface area (Å²) in [6.45, 7) is 3.70. The number of carbonyl (C=O) groups excluding carboxylic acids is 1. The lowest BCUT2D eigenvalue weighted by Gasteiger charge is -2.32. The Hall–Kier alpha value is -0.960. The van der Waals surface area contributed by atoms with Gasteiger partial charge in [-0.05, 0) is 31.9 Å². The van der Waals surface area contributed by atoms with Crippen molar-refractivity contribution in [3.8, 4) is 0 Å². The summed E-state index contributed by atoms with van der Waals surface area (Å²) in [6, 6.07) is 3.64. The summed E-state index contributed by atoms with van der Waals surface area (Å²) in [6.07, 6.45) is 2.61. The Kier molecular flexibility index (Phi) is 5.96. The summed E-state index contributed by atoms with van der Waals surface area (Å²) in [5, 5.41) is 2.79. The van der Waals surface area contributed by atoms with Crippen LogP contribution >= 0.6 is 11.3 Å². The molecule has 22 heavy (non-hydrogen) atoms. The summed E-state index contributed by atoms with van der Waals surface area (Å²) < 4.78 is 30.7. The number of nitrogens with one attached hydrogen (secondary N) is 1. The van der Waals surface area contributed by atoms with Gasteiger partial charge in [-0.3, -0.25) is 4.79 Å². The minimum absolute atomic E-state index is 0.0374. The van der Waals surface area contributed by atoms with Gasteiger partial charge in [0.05, 0.1) is 11.1 Å². The van der Waals surface area contributed by atoms with Crippen LogP contribution in [0.5, 0.6) is 0 Å². The van der Waals surface area contributed by atoms with Crippen molar-refractivity contribution in [1.82, 2.24) is 9.62 Å². The zero-order chi connectivity index (χ0) is 16.2. The standard InChI is InChI=1S/C14H22N2O4S2/c1-11-3-4-13(21-11)14(17)15-7-8-16(22(2,18)19)12-5-9-20-10-6-12/h3-4,12H,5-10H2,1-2H3,(H,15,17). The van der Waals surface area contributed by atoms with Gasteiger partial charge in [0.2, 0.25) is 10.0 Å². The second-order valence-corrected chi connectivity index (χ2v) is 8.61. The number of hydrogen-bond donors (Lipinski definition) is 1. The van der Waals surface area contributed by atoms with Gasteiger partial charge in [0.15, 0.2) is 0 Å². The van der Waals surface area contributed by atoms with Gasteiger partial charge in [0.25, 0.3) is 5.91 Å². The Morgan fingerprint density at radius 2 is 2.09 bits per heavy atom. The first-order valence-electron chi connectivity index (χ1n) is 7.27. The van der Waals surface area contributed by atoms with E-state index < -0.39 is 10.0 Å². The largest absolute Gasteiger partial charge is 0.381 e. The van der Waals surface area contributed by atoms with Crippen molar-refractivity contribution in [3.05, 3.63) is 21.9 Å². The molecule has 124 valence electrons. The molecule has 0 bridgehead atoms. The van der Waals surface area contributed by atoms with Crippen LogP contribution < -0.4 is 5.32 Å². The molecule has 0 radical (unpaired) electrons. The van der Waals surface area contributed by atoms with Crippen molar-refractivity contribution in [2.75, 3.05) is 32.6 Å². The number of amides is 1. The van der Waals surface area contributed by atoms with E-state index in [0.717, 1.165) is 4.88 Å². The fourth-order valence-corrected chi connectivity index (χ4v) is 4.47. The van der Waals surface area contributed by atoms with Crippen LogP contribution in [-0.4, -0.2) is 57.2 Å². The molecule has 0 aromatic carbocycles. The third kappa shape index (κ3) is 4.77. The maximum atomic E-state index is 12.0. The van der Waals surface area contributed by atoms with Crippen molar-refractivity contribution in [1.29, 1.82) is 0 Å². The van der Waals surface area contributed by atoms with Gasteiger partial charge in [-0.25, -0.2) is 8.42 Å². The van der Waals surface area contributed by atoms with Crippen LogP contribution in [0.15, 0.2) is 12.1 Å². The maximum absolute atomic E-state index is 12.0. The molecule has 2 rings (SSSR count). The molecule has 1 aliphatic rings. The summed E-state index contributed by atoms with van der Waals surface area (Å²) in [4.78, 5) is 13.7. The molecular formula is C14H22N2O4S2. The first-order chi connectivity index (χ1) is 10.4. The fourth-order valence-electron chi connectivity index (χ4n) is 2.52. The topological polar surface area (TPSA) is 75.7 Å². The third-order valence-corrected chi connectivity index (χ3v) is 5.94. The van der Waals surface area contributed by atoms with Crippen molar-refractivity contribution < 1.29 is 17.9 Å². The first-order valence-corrected chi connectivity index (χ1v) is 9.93. The molecular weight excluding hydrogens is 324 g/mol. The highest BCUT2D eigenvalue weighted by Crippen LogP contribution is 2.17. The molecule has 8 heteroatoms. The molecule has 0 saturated carbocycles. The number of aryl methyl sites for hydroxylation is 1. The Balaban J connectivity index is 1.90. The lowest BCUT2D eigenvalue weighted by Crippen LogP contribution is -2.46. The Morgan fingerprint density at radius 3 is 2.64 bits per heavy atom. The lowest BCUT2D eigenvalue weighted by atomic mass is 10.1. The van der Waals surface area contributed by atoms with Crippen LogP contribution in [0.4, 0.5) is 0 Å². The number of sulfonamides is 1. The number of ether oxygens (including phenoxy) is 1. The van der Waals surface area contributed by atoms with E-state index in [-0.39, 0.29) is 11.9 Å². The van der Waals surface area contributed by atoms with E-state index in [2.05, 4.69) is 5.32 Å². The molecule has 0 spiro atoms. The van der Waals surface area contributed by atoms with Gasteiger partial charge >= 0.3 is 0 Å². The van der Waals surface area contributed by atoms with Crippen LogP contribution in [0.3, 0.4) is 0 Å². The monoisotopic (exact) mass is 346 g/mol. The zero-order valence-corrected chi connectivity index (χ0v) is 14.5. The Morgan fingerprint density at radius 1 is 1.41 bits per heavy atom. The van der Waals surface area contributed by atoms with E-state index in [1.54, 1.807) is 6.07 Å². The van der Waals surface area contributed by atoms with E-state index in [0.29, 0.717) is 44.0 Å². The number of hydrogen-bond acceptors (Lipinski definition) is 5. The van der Waals surface area contributed by atoms with E-state index in [1.165, 1.54) is 21.9 Å². The minimum atomic E-state index is -3.29. The predicted molar refractivity (Wildman–Crippen MR) is 86.8 cm³/mol. The Bertz CT molecular complexity index is 606. The molecule has 1 fully saturated rings.